The third-order valence-corrected chi connectivity index (χ3v) is 10.8. The molecule has 1 N–H and O–H groups in total. The Kier molecular flexibility index (Phi) is 8.76. The minimum atomic E-state index is -4.60. The van der Waals surface area contributed by atoms with Crippen LogP contribution in [0.1, 0.15) is 37.7 Å². The largest absolute Gasteiger partial charge is 0.484 e. The fourth-order valence-corrected chi connectivity index (χ4v) is 7.79. The Morgan fingerprint density at radius 2 is 1.80 bits per heavy atom. The lowest BCUT2D eigenvalue weighted by Gasteiger charge is -2.40. The van der Waals surface area contributed by atoms with Gasteiger partial charge in [0.1, 0.15) is 11.3 Å². The average molecular weight is 656 g/mol. The van der Waals surface area contributed by atoms with Gasteiger partial charge < -0.3 is 24.4 Å². The first-order valence-corrected chi connectivity index (χ1v) is 15.8. The number of carbonyl (C=O) groups is 2. The molecule has 44 heavy (non-hydrogen) atoms. The molecular weight excluding hydrogens is 627 g/mol. The van der Waals surface area contributed by atoms with Gasteiger partial charge in [-0.2, -0.15) is 18.4 Å². The summed E-state index contributed by atoms with van der Waals surface area (Å²) in [5, 5.41) is 10.2. The van der Waals surface area contributed by atoms with Crippen LogP contribution in [0.2, 0.25) is 5.02 Å². The van der Waals surface area contributed by atoms with Crippen LogP contribution in [-0.4, -0.2) is 74.9 Å². The number of carbonyl (C=O) groups excluding carboxylic acids is 2. The molecule has 0 spiro atoms. The number of nitrogens with one attached hydrogen (secondary N) is 1. The molecule has 10 nitrogen and oxygen atoms in total. The summed E-state index contributed by atoms with van der Waals surface area (Å²) in [6, 6.07) is 14.1. The third kappa shape index (κ3) is 6.60. The van der Waals surface area contributed by atoms with Crippen molar-refractivity contribution >= 4 is 33.4 Å². The summed E-state index contributed by atoms with van der Waals surface area (Å²) < 4.78 is 81.2. The summed E-state index contributed by atoms with van der Waals surface area (Å²) in [5.41, 5.74) is -1.43. The molecule has 5 rings (SSSR count). The molecule has 3 aliphatic rings. The molecule has 15 heteroatoms. The van der Waals surface area contributed by atoms with Crippen LogP contribution < -0.4 is 10.1 Å². The highest BCUT2D eigenvalue weighted by Crippen LogP contribution is 2.41. The Bertz CT molecular complexity index is 1560. The molecule has 2 atom stereocenters. The van der Waals surface area contributed by atoms with E-state index in [4.69, 9.17) is 21.1 Å². The lowest BCUT2D eigenvalue weighted by atomic mass is 9.73. The fraction of sp³-hybridized carbons (Fsp3) is 0.483. The molecule has 2 aliphatic heterocycles. The molecule has 0 radical (unpaired) electrons. The average Bonchev–Trinajstić information content (AvgIpc) is 3.64. The molecule has 2 saturated heterocycles. The highest BCUT2D eigenvalue weighted by Gasteiger charge is 2.52. The number of halogens is 4. The van der Waals surface area contributed by atoms with E-state index in [-0.39, 0.29) is 41.8 Å². The number of sulfone groups is 1. The minimum absolute atomic E-state index is 0.275. The lowest BCUT2D eigenvalue weighted by molar-refractivity contribution is -0.153. The van der Waals surface area contributed by atoms with Gasteiger partial charge in [0.15, 0.2) is 22.7 Å². The minimum Gasteiger partial charge on any atom is -0.484 e. The standard InChI is InChI=1S/C29H29ClF3N3O7S/c30-22-14-20(42-18-29(31,32)33)6-7-23(22)44(39,40)21-15-24(43-26(38)35-27(17-34)8-9-27)36(16-21)25(37)28(10-12-41-13-11-28)19-4-2-1-3-5-19/h1-7,14,21,24H,8-13,15-16,18H2,(H,35,38)/t21-,24+/m1/s1. The Labute approximate surface area is 256 Å². The predicted molar refractivity (Wildman–Crippen MR) is 149 cm³/mol. The van der Waals surface area contributed by atoms with E-state index in [0.717, 1.165) is 18.2 Å². The van der Waals surface area contributed by atoms with Crippen LogP contribution in [0, 0.1) is 11.3 Å². The van der Waals surface area contributed by atoms with Gasteiger partial charge in [0.25, 0.3) is 0 Å². The van der Waals surface area contributed by atoms with E-state index < -0.39 is 57.1 Å². The number of rotatable bonds is 8. The van der Waals surface area contributed by atoms with Crippen molar-refractivity contribution in [3.8, 4) is 11.8 Å². The number of nitrogens with zero attached hydrogens (tertiary/aromatic N) is 2. The summed E-state index contributed by atoms with van der Waals surface area (Å²) in [5.74, 6) is -0.714. The van der Waals surface area contributed by atoms with Crippen molar-refractivity contribution in [2.45, 2.75) is 65.6 Å². The zero-order chi connectivity index (χ0) is 31.8. The molecule has 2 amide bonds. The Morgan fingerprint density at radius 1 is 1.11 bits per heavy atom. The van der Waals surface area contributed by atoms with Crippen molar-refractivity contribution in [1.82, 2.24) is 10.2 Å². The number of alkyl halides is 3. The van der Waals surface area contributed by atoms with Gasteiger partial charge in [0, 0.05) is 32.2 Å². The molecule has 3 fully saturated rings. The van der Waals surface area contributed by atoms with Gasteiger partial charge in [-0.3, -0.25) is 4.79 Å². The van der Waals surface area contributed by atoms with E-state index in [1.807, 2.05) is 24.3 Å². The van der Waals surface area contributed by atoms with Crippen molar-refractivity contribution in [3.63, 3.8) is 0 Å². The topological polar surface area (TPSA) is 135 Å². The van der Waals surface area contributed by atoms with Gasteiger partial charge in [-0.25, -0.2) is 13.2 Å². The second-order valence-corrected chi connectivity index (χ2v) is 13.7. The third-order valence-electron chi connectivity index (χ3n) is 8.16. The number of alkyl carbamates (subject to hydrolysis) is 1. The second-order valence-electron chi connectivity index (χ2n) is 11.1. The molecule has 0 bridgehead atoms. The summed E-state index contributed by atoms with van der Waals surface area (Å²) >= 11 is 6.22. The number of nitriles is 1. The molecule has 2 heterocycles. The van der Waals surface area contributed by atoms with E-state index in [2.05, 4.69) is 10.1 Å². The van der Waals surface area contributed by atoms with Gasteiger partial charge in [0.05, 0.1) is 26.7 Å². The Hall–Kier alpha value is -3.54. The van der Waals surface area contributed by atoms with E-state index in [9.17, 15) is 36.4 Å². The maximum atomic E-state index is 14.4. The summed E-state index contributed by atoms with van der Waals surface area (Å²) in [4.78, 5) is 28.1. The van der Waals surface area contributed by atoms with E-state index >= 15 is 0 Å². The van der Waals surface area contributed by atoms with Gasteiger partial charge in [-0.05, 0) is 43.4 Å². The quantitative estimate of drug-likeness (QED) is 0.439. The SMILES string of the molecule is N#CC1(NC(=O)O[C@H]2C[C@@H](S(=O)(=O)c3ccc(OCC(F)(F)F)cc3Cl)CN2C(=O)C2(c3ccccc3)CCOCC2)CC1. The molecule has 1 aliphatic carbocycles. The van der Waals surface area contributed by atoms with Crippen molar-refractivity contribution in [2.24, 2.45) is 0 Å². The van der Waals surface area contributed by atoms with Crippen LogP contribution in [0.3, 0.4) is 0 Å². The smallest absolute Gasteiger partial charge is 0.422 e. The second kappa shape index (κ2) is 12.1. The zero-order valence-electron chi connectivity index (χ0n) is 23.3. The zero-order valence-corrected chi connectivity index (χ0v) is 24.9. The molecule has 2 aromatic rings. The van der Waals surface area contributed by atoms with Crippen LogP contribution in [-0.2, 0) is 29.5 Å². The number of hydrogen-bond acceptors (Lipinski definition) is 8. The van der Waals surface area contributed by atoms with Crippen molar-refractivity contribution in [3.05, 3.63) is 59.1 Å². The highest BCUT2D eigenvalue weighted by molar-refractivity contribution is 7.92. The number of amides is 2. The van der Waals surface area contributed by atoms with Crippen LogP contribution in [0.25, 0.3) is 0 Å². The van der Waals surface area contributed by atoms with Crippen LogP contribution >= 0.6 is 11.6 Å². The van der Waals surface area contributed by atoms with Crippen LogP contribution in [0.5, 0.6) is 5.75 Å². The van der Waals surface area contributed by atoms with Crippen LogP contribution in [0.4, 0.5) is 18.0 Å². The number of likely N-dealkylation sites (tertiary alicyclic amines) is 1. The Morgan fingerprint density at radius 3 is 2.39 bits per heavy atom. The fourth-order valence-electron chi connectivity index (χ4n) is 5.58. The normalized spacial score (nSPS) is 22.5. The maximum Gasteiger partial charge on any atom is 0.422 e. The van der Waals surface area contributed by atoms with Gasteiger partial charge in [-0.15, -0.1) is 0 Å². The van der Waals surface area contributed by atoms with E-state index in [1.54, 1.807) is 12.1 Å². The first kappa shape index (κ1) is 31.9. The molecule has 236 valence electrons. The lowest BCUT2D eigenvalue weighted by Crippen LogP contribution is -2.53. The number of benzene rings is 2. The maximum absolute atomic E-state index is 14.4. The van der Waals surface area contributed by atoms with Crippen LogP contribution in [0.15, 0.2) is 53.4 Å². The number of hydrogen-bond donors (Lipinski definition) is 1. The molecule has 0 unspecified atom stereocenters. The first-order valence-electron chi connectivity index (χ1n) is 13.9. The van der Waals surface area contributed by atoms with E-state index in [0.29, 0.717) is 31.2 Å². The predicted octanol–water partition coefficient (Wildman–Crippen LogP) is 4.51. The van der Waals surface area contributed by atoms with Gasteiger partial charge in [-0.1, -0.05) is 41.9 Å². The van der Waals surface area contributed by atoms with Crippen molar-refractivity contribution in [2.75, 3.05) is 26.4 Å². The molecule has 2 aromatic carbocycles. The summed E-state index contributed by atoms with van der Waals surface area (Å²) in [6.07, 6.45) is -5.68. The molecule has 0 aromatic heterocycles. The first-order chi connectivity index (χ1) is 20.8. The highest BCUT2D eigenvalue weighted by atomic mass is 35.5. The summed E-state index contributed by atoms with van der Waals surface area (Å²) in [7, 11) is -4.30. The van der Waals surface area contributed by atoms with Crippen molar-refractivity contribution in [1.29, 1.82) is 5.26 Å². The molecular formula is C29H29ClF3N3O7S. The number of ether oxygens (including phenoxy) is 3. The molecule has 1 saturated carbocycles. The monoisotopic (exact) mass is 655 g/mol. The summed E-state index contributed by atoms with van der Waals surface area (Å²) in [6.45, 7) is -1.37. The van der Waals surface area contributed by atoms with Gasteiger partial charge in [0.2, 0.25) is 5.91 Å². The van der Waals surface area contributed by atoms with E-state index in [1.165, 1.54) is 4.90 Å². The van der Waals surface area contributed by atoms with Gasteiger partial charge >= 0.3 is 12.3 Å². The van der Waals surface area contributed by atoms with Crippen molar-refractivity contribution < 1.29 is 45.4 Å². The Balaban J connectivity index is 1.44.